The Morgan fingerprint density at radius 3 is 2.72 bits per heavy atom. The van der Waals surface area contributed by atoms with Crippen molar-refractivity contribution in [1.82, 2.24) is 0 Å². The second-order valence-electron chi connectivity index (χ2n) is 4.72. The lowest BCUT2D eigenvalue weighted by Crippen LogP contribution is -2.40. The molecular weight excluding hydrogens is 246 g/mol. The number of nitrogens with one attached hydrogen (secondary N) is 1. The van der Waals surface area contributed by atoms with E-state index >= 15 is 0 Å². The highest BCUT2D eigenvalue weighted by Crippen LogP contribution is 2.24. The number of amides is 1. The average Bonchev–Trinajstić information content (AvgIpc) is 2.28. The van der Waals surface area contributed by atoms with E-state index in [1.807, 2.05) is 18.2 Å². The highest BCUT2D eigenvalue weighted by molar-refractivity contribution is 6.90. The molecule has 0 radical (unpaired) electrons. The zero-order valence-electron chi connectivity index (χ0n) is 11.0. The first-order valence-corrected chi connectivity index (χ1v) is 8.91. The van der Waals surface area contributed by atoms with Gasteiger partial charge < -0.3 is 9.84 Å². The highest BCUT2D eigenvalue weighted by Gasteiger charge is 2.23. The van der Waals surface area contributed by atoms with E-state index in [2.05, 4.69) is 25.0 Å². The third kappa shape index (κ3) is 3.37. The van der Waals surface area contributed by atoms with Crippen molar-refractivity contribution < 1.29 is 14.6 Å². The summed E-state index contributed by atoms with van der Waals surface area (Å²) in [5.74, 6) is 0.555. The van der Waals surface area contributed by atoms with Gasteiger partial charge in [0.25, 0.3) is 0 Å². The number of carboxylic acid groups (broad SMARTS) is 1. The number of hydrogen-bond acceptors (Lipinski definition) is 2. The molecule has 0 heterocycles. The third-order valence-electron chi connectivity index (χ3n) is 2.88. The molecule has 0 saturated carbocycles. The molecule has 0 unspecified atom stereocenters. The lowest BCUT2D eigenvalue weighted by molar-refractivity contribution is 0.209. The fourth-order valence-electron chi connectivity index (χ4n) is 1.81. The van der Waals surface area contributed by atoms with Crippen LogP contribution in [-0.4, -0.2) is 26.4 Å². The Hall–Kier alpha value is -1.75. The summed E-state index contributed by atoms with van der Waals surface area (Å²) in [5.41, 5.74) is 0.470. The van der Waals surface area contributed by atoms with E-state index in [1.54, 1.807) is 6.07 Å². The van der Waals surface area contributed by atoms with Crippen LogP contribution in [0.4, 0.5) is 10.5 Å². The maximum atomic E-state index is 10.6. The van der Waals surface area contributed by atoms with Crippen LogP contribution in [0.1, 0.15) is 0 Å². The summed E-state index contributed by atoms with van der Waals surface area (Å²) in [6.45, 7) is 8.27. The SMILES string of the molecule is C=CC[Si](C)(C)c1ccc(NC(=O)O)c(OC)c1. The first-order valence-electron chi connectivity index (χ1n) is 5.70. The molecule has 0 aliphatic heterocycles. The molecule has 0 aliphatic rings. The molecule has 0 saturated heterocycles. The highest BCUT2D eigenvalue weighted by atomic mass is 28.3. The van der Waals surface area contributed by atoms with Gasteiger partial charge in [-0.25, -0.2) is 4.79 Å². The normalized spacial score (nSPS) is 10.8. The van der Waals surface area contributed by atoms with E-state index in [0.717, 1.165) is 6.04 Å². The maximum Gasteiger partial charge on any atom is 0.409 e. The van der Waals surface area contributed by atoms with Crippen LogP contribution in [0.25, 0.3) is 0 Å². The van der Waals surface area contributed by atoms with E-state index < -0.39 is 14.2 Å². The topological polar surface area (TPSA) is 58.6 Å². The zero-order valence-corrected chi connectivity index (χ0v) is 12.0. The molecular formula is C13H19NO3Si. The molecule has 1 rings (SSSR count). The van der Waals surface area contributed by atoms with Crippen molar-refractivity contribution in [2.45, 2.75) is 19.1 Å². The van der Waals surface area contributed by atoms with Gasteiger partial charge >= 0.3 is 6.09 Å². The molecule has 0 atom stereocenters. The number of carbonyl (C=O) groups is 1. The van der Waals surface area contributed by atoms with Crippen molar-refractivity contribution >= 4 is 25.0 Å². The molecule has 1 amide bonds. The number of methoxy groups -OCH3 is 1. The number of anilines is 1. The van der Waals surface area contributed by atoms with Crippen LogP contribution in [0.2, 0.25) is 19.1 Å². The Bertz CT molecular complexity index is 458. The molecule has 1 aromatic rings. The van der Waals surface area contributed by atoms with Crippen LogP contribution < -0.4 is 15.2 Å². The average molecular weight is 265 g/mol. The van der Waals surface area contributed by atoms with Gasteiger partial charge in [0.05, 0.1) is 20.9 Å². The van der Waals surface area contributed by atoms with Crippen LogP contribution >= 0.6 is 0 Å². The van der Waals surface area contributed by atoms with E-state index in [9.17, 15) is 4.79 Å². The minimum absolute atomic E-state index is 0.470. The summed E-state index contributed by atoms with van der Waals surface area (Å²) in [6.07, 6.45) is 0.839. The predicted molar refractivity (Wildman–Crippen MR) is 76.8 cm³/mol. The quantitative estimate of drug-likeness (QED) is 0.635. The van der Waals surface area contributed by atoms with Crippen LogP contribution in [0.15, 0.2) is 30.9 Å². The summed E-state index contributed by atoms with van der Waals surface area (Å²) >= 11 is 0. The molecule has 0 bridgehead atoms. The Morgan fingerprint density at radius 1 is 1.56 bits per heavy atom. The van der Waals surface area contributed by atoms with Crippen LogP contribution in [-0.2, 0) is 0 Å². The van der Waals surface area contributed by atoms with Crippen molar-refractivity contribution in [2.24, 2.45) is 0 Å². The Kier molecular flexibility index (Phi) is 4.55. The molecule has 0 aliphatic carbocycles. The lowest BCUT2D eigenvalue weighted by Gasteiger charge is -2.22. The number of benzene rings is 1. The van der Waals surface area contributed by atoms with Crippen molar-refractivity contribution in [1.29, 1.82) is 0 Å². The van der Waals surface area contributed by atoms with Crippen LogP contribution in [0, 0.1) is 0 Å². The van der Waals surface area contributed by atoms with Crippen molar-refractivity contribution in [3.8, 4) is 5.75 Å². The van der Waals surface area contributed by atoms with E-state index in [4.69, 9.17) is 9.84 Å². The number of rotatable bonds is 5. The van der Waals surface area contributed by atoms with E-state index in [0.29, 0.717) is 11.4 Å². The minimum atomic E-state index is -1.56. The molecule has 0 aromatic heterocycles. The first-order chi connectivity index (χ1) is 8.40. The van der Waals surface area contributed by atoms with Crippen molar-refractivity contribution in [3.63, 3.8) is 0 Å². The molecule has 0 spiro atoms. The Labute approximate surface area is 108 Å². The monoisotopic (exact) mass is 265 g/mol. The van der Waals surface area contributed by atoms with E-state index in [1.165, 1.54) is 12.3 Å². The summed E-state index contributed by atoms with van der Waals surface area (Å²) < 4.78 is 5.23. The van der Waals surface area contributed by atoms with Gasteiger partial charge in [0.1, 0.15) is 5.75 Å². The third-order valence-corrected chi connectivity index (χ3v) is 6.06. The van der Waals surface area contributed by atoms with Crippen LogP contribution in [0.3, 0.4) is 0 Å². The van der Waals surface area contributed by atoms with Gasteiger partial charge in [-0.3, -0.25) is 5.32 Å². The molecule has 18 heavy (non-hydrogen) atoms. The largest absolute Gasteiger partial charge is 0.495 e. The summed E-state index contributed by atoms with van der Waals surface area (Å²) in [5, 5.41) is 12.3. The molecule has 1 aromatic carbocycles. The van der Waals surface area contributed by atoms with Crippen molar-refractivity contribution in [2.75, 3.05) is 12.4 Å². The summed E-state index contributed by atoms with van der Waals surface area (Å²) in [4.78, 5) is 10.6. The van der Waals surface area contributed by atoms with E-state index in [-0.39, 0.29) is 0 Å². The molecule has 98 valence electrons. The minimum Gasteiger partial charge on any atom is -0.495 e. The summed E-state index contributed by atoms with van der Waals surface area (Å²) in [6, 6.07) is 6.60. The molecule has 2 N–H and O–H groups in total. The van der Waals surface area contributed by atoms with Gasteiger partial charge in [-0.2, -0.15) is 0 Å². The fourth-order valence-corrected chi connectivity index (χ4v) is 3.82. The standard InChI is InChI=1S/C13H19NO3Si/c1-5-8-18(3,4)10-6-7-11(14-13(15)16)12(9-10)17-2/h5-7,9,14H,1,8H2,2-4H3,(H,15,16). The van der Waals surface area contributed by atoms with Gasteiger partial charge in [-0.15, -0.1) is 6.58 Å². The smallest absolute Gasteiger partial charge is 0.409 e. The number of hydrogen-bond donors (Lipinski definition) is 2. The van der Waals surface area contributed by atoms with Gasteiger partial charge in [0, 0.05) is 0 Å². The number of allylic oxidation sites excluding steroid dienone is 1. The predicted octanol–water partition coefficient (Wildman–Crippen LogP) is 2.89. The fraction of sp³-hybridized carbons (Fsp3) is 0.308. The molecule has 4 nitrogen and oxygen atoms in total. The summed E-state index contributed by atoms with van der Waals surface area (Å²) in [7, 11) is -0.0273. The second kappa shape index (κ2) is 5.73. The van der Waals surface area contributed by atoms with Gasteiger partial charge in [-0.1, -0.05) is 30.4 Å². The van der Waals surface area contributed by atoms with Gasteiger partial charge in [0.15, 0.2) is 0 Å². The van der Waals surface area contributed by atoms with Crippen molar-refractivity contribution in [3.05, 3.63) is 30.9 Å². The second-order valence-corrected chi connectivity index (χ2v) is 9.48. The zero-order chi connectivity index (χ0) is 13.8. The maximum absolute atomic E-state index is 10.6. The van der Waals surface area contributed by atoms with Crippen LogP contribution in [0.5, 0.6) is 5.75 Å². The molecule has 0 fully saturated rings. The Balaban J connectivity index is 3.12. The Morgan fingerprint density at radius 2 is 2.22 bits per heavy atom. The molecule has 5 heteroatoms. The van der Waals surface area contributed by atoms with Gasteiger partial charge in [0.2, 0.25) is 0 Å². The number of ether oxygens (including phenoxy) is 1. The lowest BCUT2D eigenvalue weighted by atomic mass is 10.3. The van der Waals surface area contributed by atoms with Gasteiger partial charge in [-0.05, 0) is 18.2 Å². The first kappa shape index (κ1) is 14.3.